The Balaban J connectivity index is 0.000000488. The molecule has 0 saturated carbocycles. The lowest BCUT2D eigenvalue weighted by Gasteiger charge is -2.23. The van der Waals surface area contributed by atoms with E-state index in [9.17, 15) is 13.0 Å². The smallest absolute Gasteiger partial charge is 0.199 e. The van der Waals surface area contributed by atoms with Gasteiger partial charge < -0.3 is 28.4 Å². The fourth-order valence-electron chi connectivity index (χ4n) is 4.83. The largest absolute Gasteiger partial charge is 0.748 e. The molecule has 3 aromatic rings. The van der Waals surface area contributed by atoms with E-state index in [-0.39, 0.29) is 29.2 Å². The number of nitrogens with zero attached hydrogens (tertiary/aromatic N) is 1. The fraction of sp³-hybridized carbons (Fsp3) is 0.471. The first-order chi connectivity index (χ1) is 21.2. The van der Waals surface area contributed by atoms with Gasteiger partial charge in [0.15, 0.2) is 27.3 Å². The van der Waals surface area contributed by atoms with Gasteiger partial charge in [-0.05, 0) is 105 Å². The summed E-state index contributed by atoms with van der Waals surface area (Å²) in [5.74, 6) is 1.49. The third kappa shape index (κ3) is 11.0. The molecule has 5 rings (SSSR count). The Bertz CT molecular complexity index is 1290. The number of unbranched alkanes of at least 4 members (excludes halogenated alkanes) is 1. The van der Waals surface area contributed by atoms with Crippen LogP contribution >= 0.6 is 0 Å². The van der Waals surface area contributed by atoms with Gasteiger partial charge in [-0.1, -0.05) is 13.3 Å². The molecule has 2 heterocycles. The molecule has 0 aromatic heterocycles. The average molecular weight is 644 g/mol. The van der Waals surface area contributed by atoms with Crippen LogP contribution in [0.5, 0.6) is 11.5 Å². The highest BCUT2D eigenvalue weighted by atomic mass is 32.2. The predicted molar refractivity (Wildman–Crippen MR) is 174 cm³/mol. The topological polar surface area (TPSA) is 97.4 Å². The summed E-state index contributed by atoms with van der Waals surface area (Å²) >= 11 is 0. The van der Waals surface area contributed by atoms with Crippen LogP contribution in [0, 0.1) is 0 Å². The van der Waals surface area contributed by atoms with Gasteiger partial charge in [0.25, 0.3) is 0 Å². The first-order valence-electron chi connectivity index (χ1n) is 15.4. The molecule has 44 heavy (non-hydrogen) atoms. The van der Waals surface area contributed by atoms with E-state index in [2.05, 4.69) is 91.8 Å². The summed E-state index contributed by atoms with van der Waals surface area (Å²) in [6.45, 7) is 3.40. The van der Waals surface area contributed by atoms with Gasteiger partial charge in [0.05, 0.1) is 34.2 Å². The summed E-state index contributed by atoms with van der Waals surface area (Å²) in [4.78, 5) is 5.89. The van der Waals surface area contributed by atoms with E-state index in [1.165, 1.54) is 20.4 Å². The van der Waals surface area contributed by atoms with Gasteiger partial charge in [0.2, 0.25) is 0 Å². The Labute approximate surface area is 265 Å². The maximum atomic E-state index is 9.83. The summed E-state index contributed by atoms with van der Waals surface area (Å²) in [6.07, 6.45) is 7.40. The normalized spacial score (nSPS) is 19.3. The van der Waals surface area contributed by atoms with Gasteiger partial charge in [-0.3, -0.25) is 0 Å². The van der Waals surface area contributed by atoms with Gasteiger partial charge in [-0.25, -0.2) is 8.42 Å². The lowest BCUT2D eigenvalue weighted by molar-refractivity contribution is -0.106. The van der Waals surface area contributed by atoms with Crippen LogP contribution < -0.4 is 14.4 Å². The number of hydrogen-bond donors (Lipinski definition) is 0. The minimum atomic E-state index is -3.94. The van der Waals surface area contributed by atoms with Crippen molar-refractivity contribution in [1.82, 2.24) is 0 Å². The van der Waals surface area contributed by atoms with E-state index in [1.807, 2.05) is 6.92 Å². The summed E-state index contributed by atoms with van der Waals surface area (Å²) in [5.41, 5.74) is 1.19. The van der Waals surface area contributed by atoms with E-state index >= 15 is 0 Å². The van der Waals surface area contributed by atoms with Crippen molar-refractivity contribution >= 4 is 26.7 Å². The lowest BCUT2D eigenvalue weighted by atomic mass is 10.2. The van der Waals surface area contributed by atoms with E-state index in [1.54, 1.807) is 0 Å². The first-order valence-corrected chi connectivity index (χ1v) is 18.2. The quantitative estimate of drug-likeness (QED) is 0.163. The molecule has 2 atom stereocenters. The molecule has 0 bridgehead atoms. The highest BCUT2D eigenvalue weighted by Gasteiger charge is 2.29. The van der Waals surface area contributed by atoms with E-state index < -0.39 is 10.1 Å². The van der Waals surface area contributed by atoms with Crippen LogP contribution in [0.2, 0.25) is 0 Å². The average Bonchev–Trinajstić information content (AvgIpc) is 3.03. The molecule has 0 radical (unpaired) electrons. The molecule has 2 fully saturated rings. The second-order valence-corrected chi connectivity index (χ2v) is 14.6. The first kappa shape index (κ1) is 34.1. The van der Waals surface area contributed by atoms with Crippen molar-refractivity contribution in [3.05, 3.63) is 72.8 Å². The van der Waals surface area contributed by atoms with Crippen molar-refractivity contribution in [2.24, 2.45) is 0 Å². The molecule has 0 N–H and O–H groups in total. The van der Waals surface area contributed by atoms with E-state index in [4.69, 9.17) is 18.9 Å². The van der Waals surface area contributed by atoms with Crippen LogP contribution in [0.3, 0.4) is 0 Å². The van der Waals surface area contributed by atoms with Crippen molar-refractivity contribution in [3.8, 4) is 11.5 Å². The fourth-order valence-corrected chi connectivity index (χ4v) is 7.51. The molecular weight excluding hydrogens is 599 g/mol. The van der Waals surface area contributed by atoms with Gasteiger partial charge >= 0.3 is 0 Å². The molecule has 2 aliphatic heterocycles. The Kier molecular flexibility index (Phi) is 13.2. The zero-order valence-electron chi connectivity index (χ0n) is 26.0. The standard InChI is InChI=1S/C30H36NO4S.C4H10O3S/c1-31(2)23-9-15-26(16-10-23)36(27-17-11-24(12-18-27)34-29-7-3-5-21-32-29)28-19-13-25(14-20-28)35-30-8-4-6-22-33-30;1-2-3-4-8(5,6)7/h9-20,29-30H,3-8,21-22H2,1-2H3;2-4H2,1H3,(H,5,6,7)/q+1;/p-1. The van der Waals surface area contributed by atoms with E-state index in [0.29, 0.717) is 6.42 Å². The van der Waals surface area contributed by atoms with Gasteiger partial charge in [-0.2, -0.15) is 0 Å². The Morgan fingerprint density at radius 2 is 1.18 bits per heavy atom. The van der Waals surface area contributed by atoms with Crippen molar-refractivity contribution in [3.63, 3.8) is 0 Å². The van der Waals surface area contributed by atoms with Gasteiger partial charge in [0, 0.05) is 38.4 Å². The number of rotatable bonds is 11. The molecule has 0 amide bonds. The number of benzene rings is 3. The summed E-state index contributed by atoms with van der Waals surface area (Å²) in [5, 5.41) is 0. The van der Waals surface area contributed by atoms with Crippen LogP contribution in [0.4, 0.5) is 5.69 Å². The van der Waals surface area contributed by atoms with Crippen molar-refractivity contribution in [2.45, 2.75) is 85.6 Å². The van der Waals surface area contributed by atoms with E-state index in [0.717, 1.165) is 69.7 Å². The maximum absolute atomic E-state index is 9.83. The molecule has 10 heteroatoms. The second-order valence-electron chi connectivity index (χ2n) is 11.1. The van der Waals surface area contributed by atoms with Crippen LogP contribution in [-0.2, 0) is 30.5 Å². The molecule has 2 aliphatic rings. The molecule has 240 valence electrons. The Morgan fingerprint density at radius 1 is 0.750 bits per heavy atom. The minimum Gasteiger partial charge on any atom is -0.748 e. The highest BCUT2D eigenvalue weighted by molar-refractivity contribution is 7.97. The summed E-state index contributed by atoms with van der Waals surface area (Å²) in [7, 11) is -0.0590. The summed E-state index contributed by atoms with van der Waals surface area (Å²) in [6, 6.07) is 25.8. The lowest BCUT2D eigenvalue weighted by Crippen LogP contribution is -2.25. The molecule has 0 aliphatic carbocycles. The number of anilines is 1. The third-order valence-corrected chi connectivity index (χ3v) is 10.3. The second kappa shape index (κ2) is 17.1. The van der Waals surface area contributed by atoms with Gasteiger partial charge in [0.1, 0.15) is 11.5 Å². The number of hydrogen-bond acceptors (Lipinski definition) is 8. The molecule has 3 aromatic carbocycles. The Morgan fingerprint density at radius 3 is 1.50 bits per heavy atom. The molecule has 2 saturated heterocycles. The van der Waals surface area contributed by atoms with Gasteiger partial charge in [-0.15, -0.1) is 0 Å². The minimum absolute atomic E-state index is 0.137. The maximum Gasteiger partial charge on any atom is 0.199 e. The molecule has 2 unspecified atom stereocenters. The van der Waals surface area contributed by atoms with Crippen LogP contribution in [0.1, 0.15) is 58.3 Å². The molecular formula is C34H45NO7S2. The van der Waals surface area contributed by atoms with Crippen molar-refractivity contribution in [1.29, 1.82) is 0 Å². The SMILES string of the molecule is CCCCS(=O)(=O)[O-].CN(C)c1ccc([S+](c2ccc(OC3CCCCO3)cc2)c2ccc(OC3CCCCO3)cc2)cc1. The molecule has 0 spiro atoms. The Hall–Kier alpha value is -2.76. The third-order valence-electron chi connectivity index (χ3n) is 7.27. The summed E-state index contributed by atoms with van der Waals surface area (Å²) < 4.78 is 53.2. The van der Waals surface area contributed by atoms with Crippen molar-refractivity contribution in [2.75, 3.05) is 38.0 Å². The van der Waals surface area contributed by atoms with Crippen LogP contribution in [0.25, 0.3) is 0 Å². The zero-order valence-corrected chi connectivity index (χ0v) is 27.6. The predicted octanol–water partition coefficient (Wildman–Crippen LogP) is 6.99. The monoisotopic (exact) mass is 643 g/mol. The highest BCUT2D eigenvalue weighted by Crippen LogP contribution is 2.34. The molecule has 8 nitrogen and oxygen atoms in total. The zero-order chi connectivity index (χ0) is 31.4. The van der Waals surface area contributed by atoms with Crippen LogP contribution in [-0.4, -0.2) is 58.6 Å². The van der Waals surface area contributed by atoms with Crippen LogP contribution in [0.15, 0.2) is 87.5 Å². The number of ether oxygens (including phenoxy) is 4. The van der Waals surface area contributed by atoms with Crippen molar-refractivity contribution < 1.29 is 31.9 Å².